The maximum Gasteiger partial charge on any atom is 0.259 e. The maximum atomic E-state index is 14.5. The number of nitrogens with zero attached hydrogens (tertiary/aromatic N) is 7. The zero-order chi connectivity index (χ0) is 42.4. The number of hydrogen-bond acceptors (Lipinski definition) is 11. The first-order valence-corrected chi connectivity index (χ1v) is 22.0. The van der Waals surface area contributed by atoms with E-state index in [9.17, 15) is 22.0 Å². The predicted octanol–water partition coefficient (Wildman–Crippen LogP) is 6.61. The lowest BCUT2D eigenvalue weighted by atomic mass is 9.86. The number of anilines is 4. The number of halogens is 2. The van der Waals surface area contributed by atoms with Crippen LogP contribution in [0.4, 0.5) is 31.8 Å². The van der Waals surface area contributed by atoms with Crippen LogP contribution in [0.3, 0.4) is 0 Å². The standard InChI is InChI=1S/C44H45F2N9O5S/c1-59-37-13-11-28(23-31(37)43(56)51-41-32(45)7-6-8-33(41)46)40-42(55-17-5-4-9-39(55)50-40)34-14-16-47-44(48-34)49-35-24-27-10-12-30-25-29(15-18-54(30)36(27)26-38(35)60-2)52-19-21-53(22-20-52)61(3,57)58/h4-9,11,13-14,16-17,23-24,26,29-30H,10,12,15,18-22,25H2,1-3H3,(H,51,56)(H,47,48,49)/t29-,30?/m0/s1. The predicted molar refractivity (Wildman–Crippen MR) is 229 cm³/mol. The van der Waals surface area contributed by atoms with Crippen molar-refractivity contribution >= 4 is 44.6 Å². The van der Waals surface area contributed by atoms with Crippen LogP contribution in [0.25, 0.3) is 28.3 Å². The van der Waals surface area contributed by atoms with Crippen molar-refractivity contribution in [1.82, 2.24) is 28.6 Å². The van der Waals surface area contributed by atoms with Crippen LogP contribution < -0.4 is 25.0 Å². The van der Waals surface area contributed by atoms with Crippen molar-refractivity contribution < 1.29 is 31.5 Å². The van der Waals surface area contributed by atoms with Gasteiger partial charge in [-0.1, -0.05) is 12.1 Å². The van der Waals surface area contributed by atoms with Gasteiger partial charge >= 0.3 is 0 Å². The van der Waals surface area contributed by atoms with E-state index >= 15 is 0 Å². The second kappa shape index (κ2) is 16.4. The third-order valence-electron chi connectivity index (χ3n) is 12.0. The molecule has 2 saturated heterocycles. The topological polar surface area (TPSA) is 147 Å². The number of carbonyl (C=O) groups is 1. The van der Waals surface area contributed by atoms with Crippen molar-refractivity contribution in [2.75, 3.05) is 68.7 Å². The number of nitrogens with one attached hydrogen (secondary N) is 2. The number of methoxy groups -OCH3 is 2. The van der Waals surface area contributed by atoms with Gasteiger partial charge in [0.25, 0.3) is 5.91 Å². The third kappa shape index (κ3) is 7.84. The zero-order valence-corrected chi connectivity index (χ0v) is 34.8. The van der Waals surface area contributed by atoms with Crippen LogP contribution >= 0.6 is 0 Å². The highest BCUT2D eigenvalue weighted by atomic mass is 32.2. The molecule has 0 saturated carbocycles. The van der Waals surface area contributed by atoms with Gasteiger partial charge in [-0.25, -0.2) is 32.2 Å². The number of imidazole rings is 1. The summed E-state index contributed by atoms with van der Waals surface area (Å²) in [6.07, 6.45) is 8.76. The van der Waals surface area contributed by atoms with E-state index in [1.807, 2.05) is 28.8 Å². The molecule has 0 spiro atoms. The van der Waals surface area contributed by atoms with Crippen LogP contribution in [-0.2, 0) is 16.4 Å². The number of pyridine rings is 1. The number of ether oxygens (including phenoxy) is 2. The molecule has 61 heavy (non-hydrogen) atoms. The van der Waals surface area contributed by atoms with Crippen LogP contribution in [0, 0.1) is 11.6 Å². The van der Waals surface area contributed by atoms with Crippen molar-refractivity contribution in [3.05, 3.63) is 108 Å². The summed E-state index contributed by atoms with van der Waals surface area (Å²) >= 11 is 0. The minimum Gasteiger partial charge on any atom is -0.496 e. The number of sulfonamides is 1. The normalized spacial score (nSPS) is 18.3. The number of piperazine rings is 1. The highest BCUT2D eigenvalue weighted by molar-refractivity contribution is 7.88. The number of piperidine rings is 1. The molecule has 3 aliphatic heterocycles. The molecule has 17 heteroatoms. The Bertz CT molecular complexity index is 2740. The first kappa shape index (κ1) is 40.2. The van der Waals surface area contributed by atoms with Gasteiger partial charge in [-0.3, -0.25) is 14.1 Å². The summed E-state index contributed by atoms with van der Waals surface area (Å²) in [5, 5.41) is 5.77. The monoisotopic (exact) mass is 849 g/mol. The number of rotatable bonds is 10. The Morgan fingerprint density at radius 1 is 0.852 bits per heavy atom. The molecular weight excluding hydrogens is 805 g/mol. The van der Waals surface area contributed by atoms with Gasteiger partial charge in [0.1, 0.15) is 34.5 Å². The third-order valence-corrected chi connectivity index (χ3v) is 13.3. The first-order chi connectivity index (χ1) is 29.5. The van der Waals surface area contributed by atoms with E-state index in [0.717, 1.165) is 68.8 Å². The summed E-state index contributed by atoms with van der Waals surface area (Å²) in [5.74, 6) is -1.38. The molecule has 3 aliphatic rings. The molecule has 2 fully saturated rings. The number of carbonyl (C=O) groups excluding carboxylic acids is 1. The SMILES string of the molecule is COc1cc2c(cc1Nc1nccc(-c3c(-c4ccc(OC)c(C(=O)Nc5c(F)cccc5F)c4)nc4ccccn34)n1)CCC1C[C@@H](N3CCN(S(C)(=O)=O)CC3)CCN21. The Morgan fingerprint density at radius 2 is 1.64 bits per heavy atom. The van der Waals surface area contributed by atoms with E-state index in [2.05, 4.69) is 37.6 Å². The molecule has 14 nitrogen and oxygen atoms in total. The molecule has 2 atom stereocenters. The van der Waals surface area contributed by atoms with Gasteiger partial charge in [0.05, 0.1) is 48.8 Å². The Hall–Kier alpha value is -6.17. The molecule has 0 bridgehead atoms. The Balaban J connectivity index is 0.982. The van der Waals surface area contributed by atoms with Gasteiger partial charge < -0.3 is 25.0 Å². The molecular formula is C44H45F2N9O5S. The number of fused-ring (bicyclic) bond motifs is 4. The molecule has 6 aromatic rings. The fourth-order valence-corrected chi connectivity index (χ4v) is 9.79. The number of amides is 1. The first-order valence-electron chi connectivity index (χ1n) is 20.2. The van der Waals surface area contributed by atoms with E-state index in [1.165, 1.54) is 25.0 Å². The highest BCUT2D eigenvalue weighted by Crippen LogP contribution is 2.43. The molecule has 0 radical (unpaired) electrons. The lowest BCUT2D eigenvalue weighted by Gasteiger charge is -2.48. The molecule has 9 rings (SSSR count). The van der Waals surface area contributed by atoms with Crippen molar-refractivity contribution in [2.45, 2.75) is 37.8 Å². The fourth-order valence-electron chi connectivity index (χ4n) is 8.97. The number of aryl methyl sites for hydroxylation is 1. The van der Waals surface area contributed by atoms with Gasteiger partial charge in [0.15, 0.2) is 0 Å². The molecule has 2 N–H and O–H groups in total. The van der Waals surface area contributed by atoms with Crippen LogP contribution in [0.15, 0.2) is 85.2 Å². The quantitative estimate of drug-likeness (QED) is 0.154. The van der Waals surface area contributed by atoms with E-state index in [-0.39, 0.29) is 11.3 Å². The maximum absolute atomic E-state index is 14.5. The molecule has 1 amide bonds. The van der Waals surface area contributed by atoms with Crippen molar-refractivity contribution in [1.29, 1.82) is 0 Å². The van der Waals surface area contributed by atoms with Crippen LogP contribution in [0.5, 0.6) is 11.5 Å². The van der Waals surface area contributed by atoms with Crippen LogP contribution in [-0.4, -0.2) is 108 Å². The van der Waals surface area contributed by atoms with Crippen LogP contribution in [0.2, 0.25) is 0 Å². The van der Waals surface area contributed by atoms with E-state index < -0.39 is 33.3 Å². The Morgan fingerprint density at radius 3 is 2.39 bits per heavy atom. The van der Waals surface area contributed by atoms with Crippen LogP contribution in [0.1, 0.15) is 35.2 Å². The lowest BCUT2D eigenvalue weighted by molar-refractivity contribution is 0.102. The van der Waals surface area contributed by atoms with E-state index in [0.29, 0.717) is 65.2 Å². The Labute approximate surface area is 352 Å². The number of benzene rings is 3. The summed E-state index contributed by atoms with van der Waals surface area (Å²) < 4.78 is 68.1. The van der Waals surface area contributed by atoms with Crippen molar-refractivity contribution in [2.24, 2.45) is 0 Å². The average Bonchev–Trinajstić information content (AvgIpc) is 3.66. The summed E-state index contributed by atoms with van der Waals surface area (Å²) in [4.78, 5) is 33.0. The van der Waals surface area contributed by atoms with E-state index in [4.69, 9.17) is 19.4 Å². The van der Waals surface area contributed by atoms with Gasteiger partial charge in [0.2, 0.25) is 16.0 Å². The smallest absolute Gasteiger partial charge is 0.259 e. The summed E-state index contributed by atoms with van der Waals surface area (Å²) in [5.41, 5.74) is 5.43. The molecule has 0 aliphatic carbocycles. The van der Waals surface area contributed by atoms with Gasteiger partial charge in [-0.05, 0) is 85.8 Å². The number of para-hydroxylation sites is 1. The van der Waals surface area contributed by atoms with Crippen molar-refractivity contribution in [3.63, 3.8) is 0 Å². The summed E-state index contributed by atoms with van der Waals surface area (Å²) in [6, 6.07) is 20.7. The minimum atomic E-state index is -3.17. The van der Waals surface area contributed by atoms with Crippen molar-refractivity contribution in [3.8, 4) is 34.1 Å². The summed E-state index contributed by atoms with van der Waals surface area (Å²) in [6.45, 7) is 3.50. The molecule has 3 aromatic carbocycles. The van der Waals surface area contributed by atoms with Gasteiger partial charge in [0, 0.05) is 74.5 Å². The second-order valence-electron chi connectivity index (χ2n) is 15.5. The molecule has 316 valence electrons. The molecule has 1 unspecified atom stereocenters. The fraction of sp³-hybridized carbons (Fsp3) is 0.318. The van der Waals surface area contributed by atoms with Gasteiger partial charge in [-0.2, -0.15) is 4.31 Å². The van der Waals surface area contributed by atoms with E-state index in [1.54, 1.807) is 41.9 Å². The average molecular weight is 850 g/mol. The summed E-state index contributed by atoms with van der Waals surface area (Å²) in [7, 11) is -0.115. The largest absolute Gasteiger partial charge is 0.496 e. The second-order valence-corrected chi connectivity index (χ2v) is 17.5. The molecule has 6 heterocycles. The Kier molecular flexibility index (Phi) is 10.8. The number of hydrogen-bond donors (Lipinski definition) is 2. The zero-order valence-electron chi connectivity index (χ0n) is 33.9. The molecule has 3 aromatic heterocycles. The highest BCUT2D eigenvalue weighted by Gasteiger charge is 2.37. The lowest BCUT2D eigenvalue weighted by Crippen LogP contribution is -2.56. The van der Waals surface area contributed by atoms with Gasteiger partial charge in [-0.15, -0.1) is 0 Å². The minimum absolute atomic E-state index is 0.0517. The number of aromatic nitrogens is 4.